The Morgan fingerprint density at radius 2 is 1.55 bits per heavy atom. The number of aromatic amines is 2. The van der Waals surface area contributed by atoms with Crippen LogP contribution in [0.4, 0.5) is 4.39 Å². The SMILES string of the molecule is Cc1ccc(C(N)c2ccc3[nH]c(=O)c(=O)[nH]c3c2)cc1F. The average Bonchev–Trinajstić information content (AvgIpc) is 2.50. The van der Waals surface area contributed by atoms with Crippen LogP contribution in [0.3, 0.4) is 0 Å². The summed E-state index contributed by atoms with van der Waals surface area (Å²) in [6.45, 7) is 1.68. The Hall–Kier alpha value is -2.73. The van der Waals surface area contributed by atoms with E-state index in [1.54, 1.807) is 37.3 Å². The Morgan fingerprint density at radius 3 is 2.23 bits per heavy atom. The number of nitrogens with two attached hydrogens (primary N) is 1. The molecular formula is C16H14FN3O2. The van der Waals surface area contributed by atoms with Crippen LogP contribution < -0.4 is 16.9 Å². The first-order valence-corrected chi connectivity index (χ1v) is 6.73. The van der Waals surface area contributed by atoms with Crippen LogP contribution >= 0.6 is 0 Å². The van der Waals surface area contributed by atoms with Crippen LogP contribution in [-0.4, -0.2) is 9.97 Å². The lowest BCUT2D eigenvalue weighted by Gasteiger charge is -2.14. The van der Waals surface area contributed by atoms with Crippen molar-refractivity contribution in [3.8, 4) is 0 Å². The molecular weight excluding hydrogens is 285 g/mol. The molecule has 6 heteroatoms. The van der Waals surface area contributed by atoms with Gasteiger partial charge < -0.3 is 15.7 Å². The maximum atomic E-state index is 13.7. The summed E-state index contributed by atoms with van der Waals surface area (Å²) < 4.78 is 13.7. The zero-order valence-corrected chi connectivity index (χ0v) is 11.8. The van der Waals surface area contributed by atoms with E-state index in [9.17, 15) is 14.0 Å². The standard InChI is InChI=1S/C16H14FN3O2/c1-8-2-3-9(6-11(8)17)14(18)10-4-5-12-13(7-10)20-16(22)15(21)19-12/h2-7,14H,18H2,1H3,(H,19,21)(H,20,22). The Kier molecular flexibility index (Phi) is 3.38. The molecule has 0 saturated heterocycles. The normalized spacial score (nSPS) is 12.5. The molecule has 1 aromatic heterocycles. The molecule has 0 aliphatic carbocycles. The quantitative estimate of drug-likeness (QED) is 0.629. The van der Waals surface area contributed by atoms with E-state index in [-0.39, 0.29) is 5.82 Å². The molecule has 0 aliphatic rings. The van der Waals surface area contributed by atoms with Gasteiger partial charge in [0.15, 0.2) is 0 Å². The van der Waals surface area contributed by atoms with Gasteiger partial charge in [0.1, 0.15) is 5.82 Å². The highest BCUT2D eigenvalue weighted by molar-refractivity contribution is 5.74. The number of rotatable bonds is 2. The third kappa shape index (κ3) is 2.44. The molecule has 0 bridgehead atoms. The molecule has 5 nitrogen and oxygen atoms in total. The summed E-state index contributed by atoms with van der Waals surface area (Å²) in [5.41, 5.74) is 7.62. The Bertz CT molecular complexity index is 975. The van der Waals surface area contributed by atoms with E-state index in [2.05, 4.69) is 9.97 Å². The Labute approximate surface area is 124 Å². The minimum Gasteiger partial charge on any atom is -0.320 e. The summed E-state index contributed by atoms with van der Waals surface area (Å²) >= 11 is 0. The molecule has 0 radical (unpaired) electrons. The largest absolute Gasteiger partial charge is 0.320 e. The van der Waals surface area contributed by atoms with Crippen molar-refractivity contribution < 1.29 is 4.39 Å². The number of nitrogens with one attached hydrogen (secondary N) is 2. The van der Waals surface area contributed by atoms with Gasteiger partial charge in [0.25, 0.3) is 0 Å². The second-order valence-electron chi connectivity index (χ2n) is 5.20. The third-order valence-electron chi connectivity index (χ3n) is 3.66. The van der Waals surface area contributed by atoms with Gasteiger partial charge in [0.05, 0.1) is 17.1 Å². The predicted molar refractivity (Wildman–Crippen MR) is 82.4 cm³/mol. The summed E-state index contributed by atoms with van der Waals surface area (Å²) in [5.74, 6) is -0.313. The lowest BCUT2D eigenvalue weighted by Crippen LogP contribution is -2.29. The second-order valence-corrected chi connectivity index (χ2v) is 5.20. The van der Waals surface area contributed by atoms with Crippen LogP contribution in [0.1, 0.15) is 22.7 Å². The van der Waals surface area contributed by atoms with Crippen LogP contribution in [0, 0.1) is 12.7 Å². The van der Waals surface area contributed by atoms with Crippen molar-refractivity contribution >= 4 is 11.0 Å². The lowest BCUT2D eigenvalue weighted by molar-refractivity contribution is 0.614. The minimum atomic E-state index is -0.723. The number of aromatic nitrogens is 2. The van der Waals surface area contributed by atoms with E-state index >= 15 is 0 Å². The van der Waals surface area contributed by atoms with Gasteiger partial charge in [-0.05, 0) is 41.8 Å². The van der Waals surface area contributed by atoms with Crippen molar-refractivity contribution in [3.63, 3.8) is 0 Å². The molecule has 1 unspecified atom stereocenters. The number of halogens is 1. The van der Waals surface area contributed by atoms with Gasteiger partial charge in [-0.3, -0.25) is 9.59 Å². The highest BCUT2D eigenvalue weighted by Crippen LogP contribution is 2.23. The van der Waals surface area contributed by atoms with Crippen LogP contribution in [-0.2, 0) is 0 Å². The van der Waals surface area contributed by atoms with Crippen LogP contribution in [0.15, 0.2) is 46.0 Å². The predicted octanol–water partition coefficient (Wildman–Crippen LogP) is 1.71. The number of hydrogen-bond acceptors (Lipinski definition) is 3. The number of aryl methyl sites for hydroxylation is 1. The fourth-order valence-electron chi connectivity index (χ4n) is 2.32. The lowest BCUT2D eigenvalue weighted by atomic mass is 9.98. The fraction of sp³-hybridized carbons (Fsp3) is 0.125. The summed E-state index contributed by atoms with van der Waals surface area (Å²) in [6.07, 6.45) is 0. The molecule has 1 heterocycles. The molecule has 0 amide bonds. The molecule has 3 rings (SSSR count). The fourth-order valence-corrected chi connectivity index (χ4v) is 2.32. The first kappa shape index (κ1) is 14.2. The molecule has 4 N–H and O–H groups in total. The Morgan fingerprint density at radius 1 is 0.955 bits per heavy atom. The molecule has 2 aromatic carbocycles. The van der Waals surface area contributed by atoms with Crippen molar-refractivity contribution in [2.75, 3.05) is 0 Å². The smallest absolute Gasteiger partial charge is 0.314 e. The van der Waals surface area contributed by atoms with Gasteiger partial charge in [0, 0.05) is 0 Å². The van der Waals surface area contributed by atoms with Gasteiger partial charge in [-0.25, -0.2) is 4.39 Å². The first-order chi connectivity index (χ1) is 10.5. The summed E-state index contributed by atoms with van der Waals surface area (Å²) in [7, 11) is 0. The van der Waals surface area contributed by atoms with Gasteiger partial charge in [-0.15, -0.1) is 0 Å². The summed E-state index contributed by atoms with van der Waals surface area (Å²) in [5, 5.41) is 0. The minimum absolute atomic E-state index is 0.313. The molecule has 0 saturated carbocycles. The van der Waals surface area contributed by atoms with E-state index in [4.69, 9.17) is 5.73 Å². The van der Waals surface area contributed by atoms with Crippen LogP contribution in [0.25, 0.3) is 11.0 Å². The van der Waals surface area contributed by atoms with E-state index in [0.717, 1.165) is 0 Å². The zero-order valence-electron chi connectivity index (χ0n) is 11.8. The molecule has 1 atom stereocenters. The molecule has 0 aliphatic heterocycles. The number of benzene rings is 2. The summed E-state index contributed by atoms with van der Waals surface area (Å²) in [4.78, 5) is 27.6. The average molecular weight is 299 g/mol. The highest BCUT2D eigenvalue weighted by Gasteiger charge is 2.12. The van der Waals surface area contributed by atoms with Gasteiger partial charge in [-0.1, -0.05) is 18.2 Å². The zero-order chi connectivity index (χ0) is 15.9. The topological polar surface area (TPSA) is 91.7 Å². The maximum absolute atomic E-state index is 13.7. The molecule has 0 spiro atoms. The van der Waals surface area contributed by atoms with Crippen LogP contribution in [0.5, 0.6) is 0 Å². The molecule has 0 fully saturated rings. The second kappa shape index (κ2) is 5.23. The van der Waals surface area contributed by atoms with E-state index in [1.165, 1.54) is 6.07 Å². The van der Waals surface area contributed by atoms with Crippen molar-refractivity contribution in [2.24, 2.45) is 5.73 Å². The van der Waals surface area contributed by atoms with E-state index < -0.39 is 17.2 Å². The van der Waals surface area contributed by atoms with Crippen molar-refractivity contribution in [2.45, 2.75) is 13.0 Å². The first-order valence-electron chi connectivity index (χ1n) is 6.73. The number of hydrogen-bond donors (Lipinski definition) is 3. The number of fused-ring (bicyclic) bond motifs is 1. The number of H-pyrrole nitrogens is 2. The van der Waals surface area contributed by atoms with Crippen LogP contribution in [0.2, 0.25) is 0 Å². The van der Waals surface area contributed by atoms with Gasteiger partial charge in [-0.2, -0.15) is 0 Å². The highest BCUT2D eigenvalue weighted by atomic mass is 19.1. The van der Waals surface area contributed by atoms with E-state index in [1.807, 2.05) is 0 Å². The van der Waals surface area contributed by atoms with Crippen molar-refractivity contribution in [1.82, 2.24) is 9.97 Å². The molecule has 22 heavy (non-hydrogen) atoms. The van der Waals surface area contributed by atoms with Gasteiger partial charge in [0.2, 0.25) is 0 Å². The monoisotopic (exact) mass is 299 g/mol. The maximum Gasteiger partial charge on any atom is 0.314 e. The Balaban J connectivity index is 2.09. The third-order valence-corrected chi connectivity index (χ3v) is 3.66. The van der Waals surface area contributed by atoms with Crippen molar-refractivity contribution in [3.05, 3.63) is 79.6 Å². The molecule has 3 aromatic rings. The molecule has 112 valence electrons. The van der Waals surface area contributed by atoms with Gasteiger partial charge >= 0.3 is 11.1 Å². The van der Waals surface area contributed by atoms with E-state index in [0.29, 0.717) is 27.7 Å². The van der Waals surface area contributed by atoms with Crippen molar-refractivity contribution in [1.29, 1.82) is 0 Å². The summed E-state index contributed by atoms with van der Waals surface area (Å²) in [6, 6.07) is 9.38.